The lowest BCUT2D eigenvalue weighted by Gasteiger charge is -2.19. The molecule has 0 unspecified atom stereocenters. The highest BCUT2D eigenvalue weighted by molar-refractivity contribution is 5.71. The van der Waals surface area contributed by atoms with Gasteiger partial charge < -0.3 is 9.32 Å². The third kappa shape index (κ3) is 1.97. The zero-order valence-corrected chi connectivity index (χ0v) is 8.40. The Balaban J connectivity index is 2.04. The van der Waals surface area contributed by atoms with Crippen LogP contribution < -0.4 is 4.90 Å². The minimum Gasteiger partial charge on any atom is -0.438 e. The third-order valence-electron chi connectivity index (χ3n) is 2.60. The second-order valence-electron chi connectivity index (χ2n) is 3.78. The lowest BCUT2D eigenvalue weighted by atomic mass is 10.3. The standard InChI is InChI=1S/C11H15NO2/c1-2-12(7-9-3-4-9)11-6-5-10(8-13)14-11/h5-6,8-9H,2-4,7H2,1H3. The van der Waals surface area contributed by atoms with Crippen molar-refractivity contribution in [2.24, 2.45) is 5.92 Å². The number of rotatable bonds is 5. The van der Waals surface area contributed by atoms with Crippen LogP contribution in [0.3, 0.4) is 0 Å². The largest absolute Gasteiger partial charge is 0.438 e. The van der Waals surface area contributed by atoms with Crippen molar-refractivity contribution in [3.8, 4) is 0 Å². The Labute approximate surface area is 83.7 Å². The lowest BCUT2D eigenvalue weighted by molar-refractivity contribution is 0.110. The molecule has 1 aromatic heterocycles. The fourth-order valence-corrected chi connectivity index (χ4v) is 1.56. The Hall–Kier alpha value is -1.25. The van der Waals surface area contributed by atoms with Gasteiger partial charge >= 0.3 is 0 Å². The molecule has 0 N–H and O–H groups in total. The molecule has 0 bridgehead atoms. The van der Waals surface area contributed by atoms with E-state index >= 15 is 0 Å². The van der Waals surface area contributed by atoms with Gasteiger partial charge in [0.1, 0.15) is 0 Å². The van der Waals surface area contributed by atoms with Crippen LogP contribution in [0.5, 0.6) is 0 Å². The molecule has 2 rings (SSSR count). The van der Waals surface area contributed by atoms with E-state index in [1.54, 1.807) is 6.07 Å². The van der Waals surface area contributed by atoms with Crippen LogP contribution in [0.2, 0.25) is 0 Å². The van der Waals surface area contributed by atoms with E-state index in [4.69, 9.17) is 4.42 Å². The number of aldehydes is 1. The number of hydrogen-bond acceptors (Lipinski definition) is 3. The van der Waals surface area contributed by atoms with E-state index in [-0.39, 0.29) is 0 Å². The minimum absolute atomic E-state index is 0.411. The van der Waals surface area contributed by atoms with Crippen molar-refractivity contribution in [1.82, 2.24) is 0 Å². The van der Waals surface area contributed by atoms with Gasteiger partial charge in [0.15, 0.2) is 17.9 Å². The van der Waals surface area contributed by atoms with Gasteiger partial charge in [0.25, 0.3) is 0 Å². The number of hydrogen-bond donors (Lipinski definition) is 0. The molecule has 1 aliphatic rings. The molecule has 3 nitrogen and oxygen atoms in total. The fourth-order valence-electron chi connectivity index (χ4n) is 1.56. The number of nitrogens with zero attached hydrogens (tertiary/aromatic N) is 1. The van der Waals surface area contributed by atoms with E-state index in [0.29, 0.717) is 5.76 Å². The van der Waals surface area contributed by atoms with Crippen molar-refractivity contribution >= 4 is 12.2 Å². The van der Waals surface area contributed by atoms with Gasteiger partial charge in [-0.1, -0.05) is 0 Å². The number of anilines is 1. The average Bonchev–Trinajstić information content (AvgIpc) is 2.90. The first kappa shape index (κ1) is 9.31. The highest BCUT2D eigenvalue weighted by Gasteiger charge is 2.24. The highest BCUT2D eigenvalue weighted by atomic mass is 16.4. The second kappa shape index (κ2) is 3.86. The van der Waals surface area contributed by atoms with Gasteiger partial charge in [0.2, 0.25) is 0 Å². The summed E-state index contributed by atoms with van der Waals surface area (Å²) in [6.45, 7) is 4.09. The van der Waals surface area contributed by atoms with Crippen LogP contribution in [0.15, 0.2) is 16.5 Å². The van der Waals surface area contributed by atoms with Gasteiger partial charge in [0.05, 0.1) is 0 Å². The summed E-state index contributed by atoms with van der Waals surface area (Å²) in [4.78, 5) is 12.6. The van der Waals surface area contributed by atoms with Gasteiger partial charge in [0, 0.05) is 19.2 Å². The minimum atomic E-state index is 0.411. The Morgan fingerprint density at radius 3 is 2.86 bits per heavy atom. The van der Waals surface area contributed by atoms with Crippen LogP contribution in [0.4, 0.5) is 5.88 Å². The van der Waals surface area contributed by atoms with Crippen molar-refractivity contribution in [3.05, 3.63) is 17.9 Å². The third-order valence-corrected chi connectivity index (χ3v) is 2.60. The first-order valence-electron chi connectivity index (χ1n) is 5.13. The quantitative estimate of drug-likeness (QED) is 0.673. The Kier molecular flexibility index (Phi) is 2.57. The van der Waals surface area contributed by atoms with Crippen molar-refractivity contribution in [3.63, 3.8) is 0 Å². The van der Waals surface area contributed by atoms with E-state index in [9.17, 15) is 4.79 Å². The van der Waals surface area contributed by atoms with Crippen LogP contribution >= 0.6 is 0 Å². The number of carbonyl (C=O) groups is 1. The molecule has 14 heavy (non-hydrogen) atoms. The smallest absolute Gasteiger partial charge is 0.196 e. The topological polar surface area (TPSA) is 33.5 Å². The fraction of sp³-hybridized carbons (Fsp3) is 0.545. The molecule has 0 aliphatic heterocycles. The van der Waals surface area contributed by atoms with E-state index < -0.39 is 0 Å². The number of furan rings is 1. The predicted octanol–water partition coefficient (Wildman–Crippen LogP) is 2.33. The van der Waals surface area contributed by atoms with Gasteiger partial charge in [-0.3, -0.25) is 4.79 Å². The Morgan fingerprint density at radius 1 is 1.57 bits per heavy atom. The van der Waals surface area contributed by atoms with Crippen LogP contribution in [0.25, 0.3) is 0 Å². The zero-order chi connectivity index (χ0) is 9.97. The van der Waals surface area contributed by atoms with Crippen molar-refractivity contribution in [2.75, 3.05) is 18.0 Å². The van der Waals surface area contributed by atoms with E-state index in [1.807, 2.05) is 6.07 Å². The normalized spacial score (nSPS) is 15.5. The molecule has 1 saturated carbocycles. The SMILES string of the molecule is CCN(CC1CC1)c1ccc(C=O)o1. The maximum atomic E-state index is 10.5. The summed E-state index contributed by atoms with van der Waals surface area (Å²) in [6, 6.07) is 3.59. The summed E-state index contributed by atoms with van der Waals surface area (Å²) in [7, 11) is 0. The molecular formula is C11H15NO2. The summed E-state index contributed by atoms with van der Waals surface area (Å²) >= 11 is 0. The molecule has 3 heteroatoms. The average molecular weight is 193 g/mol. The van der Waals surface area contributed by atoms with E-state index in [2.05, 4.69) is 11.8 Å². The van der Waals surface area contributed by atoms with Gasteiger partial charge in [-0.05, 0) is 31.7 Å². The number of carbonyl (C=O) groups excluding carboxylic acids is 1. The molecule has 76 valence electrons. The van der Waals surface area contributed by atoms with Crippen LogP contribution in [-0.2, 0) is 0 Å². The molecule has 0 spiro atoms. The van der Waals surface area contributed by atoms with Crippen molar-refractivity contribution in [1.29, 1.82) is 0 Å². The van der Waals surface area contributed by atoms with E-state index in [0.717, 1.165) is 31.2 Å². The van der Waals surface area contributed by atoms with Gasteiger partial charge in [-0.15, -0.1) is 0 Å². The van der Waals surface area contributed by atoms with E-state index in [1.165, 1.54) is 12.8 Å². The molecular weight excluding hydrogens is 178 g/mol. The molecule has 0 radical (unpaired) electrons. The molecule has 0 amide bonds. The molecule has 0 aromatic carbocycles. The van der Waals surface area contributed by atoms with Gasteiger partial charge in [-0.2, -0.15) is 0 Å². The lowest BCUT2D eigenvalue weighted by Crippen LogP contribution is -2.24. The first-order valence-corrected chi connectivity index (χ1v) is 5.13. The highest BCUT2D eigenvalue weighted by Crippen LogP contribution is 2.31. The Bertz CT molecular complexity index is 315. The summed E-state index contributed by atoms with van der Waals surface area (Å²) < 4.78 is 5.37. The molecule has 0 atom stereocenters. The van der Waals surface area contributed by atoms with Gasteiger partial charge in [-0.25, -0.2) is 0 Å². The van der Waals surface area contributed by atoms with Crippen LogP contribution in [0.1, 0.15) is 30.3 Å². The van der Waals surface area contributed by atoms with Crippen molar-refractivity contribution in [2.45, 2.75) is 19.8 Å². The zero-order valence-electron chi connectivity index (χ0n) is 8.40. The predicted molar refractivity (Wildman–Crippen MR) is 54.7 cm³/mol. The second-order valence-corrected chi connectivity index (χ2v) is 3.78. The monoisotopic (exact) mass is 193 g/mol. The maximum absolute atomic E-state index is 10.5. The van der Waals surface area contributed by atoms with Crippen LogP contribution in [-0.4, -0.2) is 19.4 Å². The van der Waals surface area contributed by atoms with Crippen molar-refractivity contribution < 1.29 is 9.21 Å². The molecule has 1 aliphatic carbocycles. The molecule has 1 heterocycles. The first-order chi connectivity index (χ1) is 6.83. The summed E-state index contributed by atoms with van der Waals surface area (Å²) in [5.74, 6) is 2.07. The molecule has 0 saturated heterocycles. The maximum Gasteiger partial charge on any atom is 0.196 e. The summed E-state index contributed by atoms with van der Waals surface area (Å²) in [6.07, 6.45) is 3.41. The summed E-state index contributed by atoms with van der Waals surface area (Å²) in [5, 5.41) is 0. The molecule has 1 fully saturated rings. The molecule has 1 aromatic rings. The van der Waals surface area contributed by atoms with Crippen LogP contribution in [0, 0.1) is 5.92 Å². The summed E-state index contributed by atoms with van der Waals surface area (Å²) in [5.41, 5.74) is 0. The Morgan fingerprint density at radius 2 is 2.36 bits per heavy atom.